The molecule has 1 aromatic carbocycles. The smallest absolute Gasteiger partial charge is 0.329 e. The molecule has 3 N–H and O–H groups in total. The Morgan fingerprint density at radius 3 is 2.72 bits per heavy atom. The van der Waals surface area contributed by atoms with Crippen LogP contribution in [0.4, 0.5) is 0 Å². The third kappa shape index (κ3) is 4.35. The standard InChI is InChI=1S/C13H20N2O3/c1-9(2)12-5-4-11(8-10(12)3)17-7-6-13(16)18-15-14/h4-5,8-9,15H,6-7,14H2,1-3H3. The van der Waals surface area contributed by atoms with Gasteiger partial charge in [-0.3, -0.25) is 4.79 Å². The number of aryl methyl sites for hydroxylation is 1. The van der Waals surface area contributed by atoms with E-state index in [9.17, 15) is 4.79 Å². The maximum Gasteiger partial charge on any atom is 0.329 e. The molecule has 0 aliphatic carbocycles. The largest absolute Gasteiger partial charge is 0.493 e. The molecular weight excluding hydrogens is 232 g/mol. The van der Waals surface area contributed by atoms with E-state index in [1.807, 2.05) is 17.7 Å². The van der Waals surface area contributed by atoms with Gasteiger partial charge >= 0.3 is 5.97 Å². The molecule has 0 aliphatic rings. The van der Waals surface area contributed by atoms with Gasteiger partial charge in [-0.05, 0) is 36.1 Å². The highest BCUT2D eigenvalue weighted by molar-refractivity contribution is 5.69. The van der Waals surface area contributed by atoms with E-state index in [2.05, 4.69) is 31.7 Å². The summed E-state index contributed by atoms with van der Waals surface area (Å²) < 4.78 is 5.47. The lowest BCUT2D eigenvalue weighted by atomic mass is 9.98. The molecule has 0 amide bonds. The molecule has 0 unspecified atom stereocenters. The minimum absolute atomic E-state index is 0.148. The van der Waals surface area contributed by atoms with Crippen LogP contribution in [-0.4, -0.2) is 12.6 Å². The number of hydrazine groups is 1. The zero-order chi connectivity index (χ0) is 13.5. The van der Waals surface area contributed by atoms with E-state index in [4.69, 9.17) is 10.6 Å². The molecule has 0 spiro atoms. The van der Waals surface area contributed by atoms with Crippen LogP contribution >= 0.6 is 0 Å². The Bertz CT molecular complexity index is 405. The summed E-state index contributed by atoms with van der Waals surface area (Å²) in [6.45, 7) is 6.62. The molecular formula is C13H20N2O3. The molecule has 0 saturated heterocycles. The third-order valence-corrected chi connectivity index (χ3v) is 2.61. The van der Waals surface area contributed by atoms with Crippen molar-refractivity contribution in [1.29, 1.82) is 0 Å². The van der Waals surface area contributed by atoms with Crippen LogP contribution in [0.25, 0.3) is 0 Å². The lowest BCUT2D eigenvalue weighted by Gasteiger charge is -2.12. The monoisotopic (exact) mass is 252 g/mol. The first-order chi connectivity index (χ1) is 8.54. The lowest BCUT2D eigenvalue weighted by Crippen LogP contribution is -2.26. The lowest BCUT2D eigenvalue weighted by molar-refractivity contribution is -0.151. The van der Waals surface area contributed by atoms with Gasteiger partial charge in [0.25, 0.3) is 0 Å². The van der Waals surface area contributed by atoms with Crippen LogP contribution in [0.15, 0.2) is 18.2 Å². The van der Waals surface area contributed by atoms with Crippen molar-refractivity contribution in [2.24, 2.45) is 5.84 Å². The van der Waals surface area contributed by atoms with Gasteiger partial charge in [-0.15, -0.1) is 0 Å². The Hall–Kier alpha value is -1.59. The maximum absolute atomic E-state index is 11.0. The molecule has 0 aromatic heterocycles. The van der Waals surface area contributed by atoms with Crippen molar-refractivity contribution in [1.82, 2.24) is 5.59 Å². The predicted octanol–water partition coefficient (Wildman–Crippen LogP) is 1.81. The number of carbonyl (C=O) groups excluding carboxylic acids is 1. The molecule has 0 radical (unpaired) electrons. The van der Waals surface area contributed by atoms with Crippen molar-refractivity contribution in [2.75, 3.05) is 6.61 Å². The van der Waals surface area contributed by atoms with Crippen LogP contribution < -0.4 is 16.2 Å². The maximum atomic E-state index is 11.0. The summed E-state index contributed by atoms with van der Waals surface area (Å²) >= 11 is 0. The number of hydrogen-bond acceptors (Lipinski definition) is 5. The molecule has 0 atom stereocenters. The van der Waals surface area contributed by atoms with Gasteiger partial charge < -0.3 is 9.57 Å². The molecule has 0 heterocycles. The van der Waals surface area contributed by atoms with Gasteiger partial charge in [0.1, 0.15) is 5.75 Å². The van der Waals surface area contributed by atoms with E-state index >= 15 is 0 Å². The van der Waals surface area contributed by atoms with Gasteiger partial charge in [-0.2, -0.15) is 0 Å². The fraction of sp³-hybridized carbons (Fsp3) is 0.462. The molecule has 0 fully saturated rings. The molecule has 0 saturated carbocycles. The molecule has 1 rings (SSSR count). The van der Waals surface area contributed by atoms with Gasteiger partial charge in [0.15, 0.2) is 0 Å². The van der Waals surface area contributed by atoms with E-state index in [1.54, 1.807) is 0 Å². The van der Waals surface area contributed by atoms with Crippen LogP contribution in [0.1, 0.15) is 37.3 Å². The Kier molecular flexibility index (Phi) is 5.61. The van der Waals surface area contributed by atoms with Crippen LogP contribution in [0.2, 0.25) is 0 Å². The minimum atomic E-state index is -0.451. The van der Waals surface area contributed by atoms with E-state index < -0.39 is 5.97 Å². The molecule has 1 aromatic rings. The number of rotatable bonds is 6. The topological polar surface area (TPSA) is 73.6 Å². The average molecular weight is 252 g/mol. The zero-order valence-corrected chi connectivity index (χ0v) is 11.0. The van der Waals surface area contributed by atoms with E-state index in [0.717, 1.165) is 5.75 Å². The molecule has 0 bridgehead atoms. The minimum Gasteiger partial charge on any atom is -0.493 e. The summed E-state index contributed by atoms with van der Waals surface area (Å²) in [5.74, 6) is 5.64. The van der Waals surface area contributed by atoms with Gasteiger partial charge in [-0.1, -0.05) is 25.5 Å². The SMILES string of the molecule is Cc1cc(OCCC(=O)ONN)ccc1C(C)C. The van der Waals surface area contributed by atoms with Crippen LogP contribution in [-0.2, 0) is 9.63 Å². The fourth-order valence-corrected chi connectivity index (χ4v) is 1.75. The molecule has 0 aliphatic heterocycles. The third-order valence-electron chi connectivity index (χ3n) is 2.61. The van der Waals surface area contributed by atoms with Crippen LogP contribution in [0.5, 0.6) is 5.75 Å². The number of benzene rings is 1. The van der Waals surface area contributed by atoms with Crippen molar-refractivity contribution < 1.29 is 14.4 Å². The van der Waals surface area contributed by atoms with Crippen molar-refractivity contribution in [2.45, 2.75) is 33.1 Å². The summed E-state index contributed by atoms with van der Waals surface area (Å²) in [5, 5.41) is 0. The van der Waals surface area contributed by atoms with E-state index in [-0.39, 0.29) is 13.0 Å². The van der Waals surface area contributed by atoms with Crippen molar-refractivity contribution in [3.63, 3.8) is 0 Å². The molecule has 18 heavy (non-hydrogen) atoms. The number of ether oxygens (including phenoxy) is 1. The molecule has 5 nitrogen and oxygen atoms in total. The summed E-state index contributed by atoms with van der Waals surface area (Å²) in [7, 11) is 0. The first kappa shape index (κ1) is 14.5. The first-order valence-electron chi connectivity index (χ1n) is 5.93. The summed E-state index contributed by atoms with van der Waals surface area (Å²) in [4.78, 5) is 15.4. The Balaban J connectivity index is 2.49. The highest BCUT2D eigenvalue weighted by Crippen LogP contribution is 2.23. The van der Waals surface area contributed by atoms with E-state index in [1.165, 1.54) is 11.1 Å². The highest BCUT2D eigenvalue weighted by Gasteiger charge is 2.06. The Morgan fingerprint density at radius 2 is 2.17 bits per heavy atom. The van der Waals surface area contributed by atoms with Crippen molar-refractivity contribution in [3.05, 3.63) is 29.3 Å². The molecule has 100 valence electrons. The quantitative estimate of drug-likeness (QED) is 0.596. The number of carbonyl (C=O) groups is 1. The van der Waals surface area contributed by atoms with Gasteiger partial charge in [0.2, 0.25) is 0 Å². The van der Waals surface area contributed by atoms with Crippen LogP contribution in [0, 0.1) is 6.92 Å². The van der Waals surface area contributed by atoms with Crippen molar-refractivity contribution in [3.8, 4) is 5.75 Å². The van der Waals surface area contributed by atoms with Crippen molar-refractivity contribution >= 4 is 5.97 Å². The average Bonchev–Trinajstić information content (AvgIpc) is 2.29. The molecule has 5 heteroatoms. The summed E-state index contributed by atoms with van der Waals surface area (Å²) in [5.41, 5.74) is 4.33. The predicted molar refractivity (Wildman–Crippen MR) is 68.8 cm³/mol. The normalized spacial score (nSPS) is 10.5. The number of hydrogen-bond donors (Lipinski definition) is 2. The summed E-state index contributed by atoms with van der Waals surface area (Å²) in [6.07, 6.45) is 0.148. The second-order valence-electron chi connectivity index (χ2n) is 4.36. The first-order valence-corrected chi connectivity index (χ1v) is 5.93. The highest BCUT2D eigenvalue weighted by atomic mass is 16.7. The van der Waals surface area contributed by atoms with Gasteiger partial charge in [0.05, 0.1) is 13.0 Å². The second kappa shape index (κ2) is 6.98. The zero-order valence-electron chi connectivity index (χ0n) is 11.0. The van der Waals surface area contributed by atoms with Gasteiger partial charge in [0, 0.05) is 0 Å². The van der Waals surface area contributed by atoms with Crippen LogP contribution in [0.3, 0.4) is 0 Å². The number of nitrogens with one attached hydrogen (secondary N) is 1. The fourth-order valence-electron chi connectivity index (χ4n) is 1.75. The number of nitrogens with two attached hydrogens (primary N) is 1. The van der Waals surface area contributed by atoms with E-state index in [0.29, 0.717) is 5.92 Å². The Labute approximate surface area is 107 Å². The Morgan fingerprint density at radius 1 is 1.44 bits per heavy atom. The van der Waals surface area contributed by atoms with Gasteiger partial charge in [-0.25, -0.2) is 5.84 Å². The second-order valence-corrected chi connectivity index (χ2v) is 4.36. The summed E-state index contributed by atoms with van der Waals surface area (Å²) in [6, 6.07) is 5.94.